The van der Waals surface area contributed by atoms with Gasteiger partial charge in [-0.25, -0.2) is 0 Å². The monoisotopic (exact) mass is 275 g/mol. The van der Waals surface area contributed by atoms with Crippen LogP contribution in [0.25, 0.3) is 0 Å². The van der Waals surface area contributed by atoms with Gasteiger partial charge in [0, 0.05) is 6.54 Å². The molecule has 2 N–H and O–H groups in total. The smallest absolute Gasteiger partial charge is 0.241 e. The minimum absolute atomic E-state index is 0.0202. The van der Waals surface area contributed by atoms with Gasteiger partial charge in [0.25, 0.3) is 0 Å². The van der Waals surface area contributed by atoms with E-state index in [1.165, 1.54) is 0 Å². The number of nitriles is 1. The number of para-hydroxylation sites is 1. The van der Waals surface area contributed by atoms with Gasteiger partial charge in [-0.3, -0.25) is 9.69 Å². The zero-order chi connectivity index (χ0) is 15.0. The van der Waals surface area contributed by atoms with Crippen molar-refractivity contribution in [3.63, 3.8) is 0 Å². The van der Waals surface area contributed by atoms with Crippen molar-refractivity contribution in [3.8, 4) is 6.07 Å². The molecule has 0 aliphatic heterocycles. The van der Waals surface area contributed by atoms with Crippen molar-refractivity contribution >= 4 is 11.6 Å². The SMILES string of the molecule is CCCN(CCO)C(C)C(=O)Nc1ccccc1C#N. The maximum atomic E-state index is 12.2. The van der Waals surface area contributed by atoms with E-state index in [1.807, 2.05) is 11.8 Å². The first-order valence-electron chi connectivity index (χ1n) is 6.79. The second-order valence-electron chi connectivity index (χ2n) is 4.58. The summed E-state index contributed by atoms with van der Waals surface area (Å²) >= 11 is 0. The Labute approximate surface area is 119 Å². The molecule has 20 heavy (non-hydrogen) atoms. The van der Waals surface area contributed by atoms with Crippen LogP contribution in [-0.4, -0.2) is 41.7 Å². The van der Waals surface area contributed by atoms with Crippen molar-refractivity contribution < 1.29 is 9.90 Å². The molecule has 5 nitrogen and oxygen atoms in total. The van der Waals surface area contributed by atoms with Crippen molar-refractivity contribution in [3.05, 3.63) is 29.8 Å². The van der Waals surface area contributed by atoms with Gasteiger partial charge >= 0.3 is 0 Å². The number of nitrogens with zero attached hydrogens (tertiary/aromatic N) is 2. The summed E-state index contributed by atoms with van der Waals surface area (Å²) in [6.07, 6.45) is 0.909. The highest BCUT2D eigenvalue weighted by Crippen LogP contribution is 2.14. The van der Waals surface area contributed by atoms with Crippen LogP contribution in [0.2, 0.25) is 0 Å². The second-order valence-corrected chi connectivity index (χ2v) is 4.58. The van der Waals surface area contributed by atoms with Gasteiger partial charge in [-0.05, 0) is 32.0 Å². The van der Waals surface area contributed by atoms with Crippen LogP contribution in [0.3, 0.4) is 0 Å². The summed E-state index contributed by atoms with van der Waals surface area (Å²) in [5.74, 6) is -0.172. The van der Waals surface area contributed by atoms with Gasteiger partial charge in [0.1, 0.15) is 6.07 Å². The van der Waals surface area contributed by atoms with Crippen molar-refractivity contribution in [2.45, 2.75) is 26.3 Å². The number of hydrogen-bond acceptors (Lipinski definition) is 4. The molecule has 0 aliphatic carbocycles. The van der Waals surface area contributed by atoms with E-state index in [2.05, 4.69) is 11.4 Å². The highest BCUT2D eigenvalue weighted by atomic mass is 16.3. The molecule has 108 valence electrons. The quantitative estimate of drug-likeness (QED) is 0.792. The Morgan fingerprint density at radius 3 is 2.75 bits per heavy atom. The molecule has 0 saturated heterocycles. The number of nitrogens with one attached hydrogen (secondary N) is 1. The van der Waals surface area contributed by atoms with E-state index in [1.54, 1.807) is 31.2 Å². The topological polar surface area (TPSA) is 76.4 Å². The van der Waals surface area contributed by atoms with Crippen LogP contribution >= 0.6 is 0 Å². The van der Waals surface area contributed by atoms with Crippen LogP contribution in [0.15, 0.2) is 24.3 Å². The fourth-order valence-electron chi connectivity index (χ4n) is 2.01. The highest BCUT2D eigenvalue weighted by Gasteiger charge is 2.20. The van der Waals surface area contributed by atoms with E-state index in [-0.39, 0.29) is 18.6 Å². The van der Waals surface area contributed by atoms with Gasteiger partial charge in [0.05, 0.1) is 23.9 Å². The molecule has 1 rings (SSSR count). The van der Waals surface area contributed by atoms with Gasteiger partial charge in [0.15, 0.2) is 0 Å². The molecule has 0 radical (unpaired) electrons. The predicted octanol–water partition coefficient (Wildman–Crippen LogP) is 1.59. The van der Waals surface area contributed by atoms with Crippen molar-refractivity contribution in [1.29, 1.82) is 5.26 Å². The zero-order valence-corrected chi connectivity index (χ0v) is 12.0. The number of anilines is 1. The van der Waals surface area contributed by atoms with E-state index in [0.29, 0.717) is 17.8 Å². The number of benzene rings is 1. The van der Waals surface area contributed by atoms with Crippen molar-refractivity contribution in [1.82, 2.24) is 4.90 Å². The van der Waals surface area contributed by atoms with Crippen molar-refractivity contribution in [2.24, 2.45) is 0 Å². The first-order valence-corrected chi connectivity index (χ1v) is 6.79. The molecule has 1 aromatic carbocycles. The number of aliphatic hydroxyl groups is 1. The van der Waals surface area contributed by atoms with Gasteiger partial charge in [-0.2, -0.15) is 5.26 Å². The Kier molecular flexibility index (Phi) is 6.71. The first-order chi connectivity index (χ1) is 9.63. The number of aliphatic hydroxyl groups excluding tert-OH is 1. The Balaban J connectivity index is 2.76. The van der Waals surface area contributed by atoms with E-state index in [4.69, 9.17) is 10.4 Å². The standard InChI is InChI=1S/C15H21N3O2/c1-3-8-18(9-10-19)12(2)15(20)17-14-7-5-4-6-13(14)11-16/h4-7,12,19H,3,8-10H2,1-2H3,(H,17,20). The average molecular weight is 275 g/mol. The molecular weight excluding hydrogens is 254 g/mol. The van der Waals surface area contributed by atoms with E-state index < -0.39 is 0 Å². The molecule has 0 fully saturated rings. The van der Waals surface area contributed by atoms with E-state index in [9.17, 15) is 4.79 Å². The number of amides is 1. The fraction of sp³-hybridized carbons (Fsp3) is 0.467. The molecule has 0 aliphatic rings. The van der Waals surface area contributed by atoms with E-state index >= 15 is 0 Å². The van der Waals surface area contributed by atoms with Gasteiger partial charge in [0.2, 0.25) is 5.91 Å². The number of carbonyl (C=O) groups is 1. The molecular formula is C15H21N3O2. The lowest BCUT2D eigenvalue weighted by atomic mass is 10.1. The Bertz CT molecular complexity index is 476. The summed E-state index contributed by atoms with van der Waals surface area (Å²) in [6, 6.07) is 8.60. The van der Waals surface area contributed by atoms with Crippen LogP contribution < -0.4 is 5.32 Å². The number of hydrogen-bond donors (Lipinski definition) is 2. The molecule has 0 aromatic heterocycles. The van der Waals surface area contributed by atoms with E-state index in [0.717, 1.165) is 13.0 Å². The minimum Gasteiger partial charge on any atom is -0.395 e. The second kappa shape index (κ2) is 8.31. The summed E-state index contributed by atoms with van der Waals surface area (Å²) in [4.78, 5) is 14.1. The average Bonchev–Trinajstić information content (AvgIpc) is 2.46. The molecule has 0 heterocycles. The van der Waals surface area contributed by atoms with Crippen molar-refractivity contribution in [2.75, 3.05) is 25.0 Å². The summed E-state index contributed by atoms with van der Waals surface area (Å²) in [6.45, 7) is 5.05. The fourth-order valence-corrected chi connectivity index (χ4v) is 2.01. The highest BCUT2D eigenvalue weighted by molar-refractivity contribution is 5.95. The lowest BCUT2D eigenvalue weighted by Gasteiger charge is -2.27. The van der Waals surface area contributed by atoms with Crippen LogP contribution in [0.5, 0.6) is 0 Å². The lowest BCUT2D eigenvalue weighted by molar-refractivity contribution is -0.120. The maximum Gasteiger partial charge on any atom is 0.241 e. The van der Waals surface area contributed by atoms with Crippen LogP contribution in [-0.2, 0) is 4.79 Å². The van der Waals surface area contributed by atoms with Gasteiger partial charge < -0.3 is 10.4 Å². The Hall–Kier alpha value is -1.90. The summed E-state index contributed by atoms with van der Waals surface area (Å²) in [5.41, 5.74) is 0.963. The summed E-state index contributed by atoms with van der Waals surface area (Å²) < 4.78 is 0. The number of rotatable bonds is 7. The third-order valence-corrected chi connectivity index (χ3v) is 3.13. The lowest BCUT2D eigenvalue weighted by Crippen LogP contribution is -2.43. The Morgan fingerprint density at radius 2 is 2.15 bits per heavy atom. The molecule has 1 atom stereocenters. The molecule has 1 aromatic rings. The van der Waals surface area contributed by atoms with Gasteiger partial charge in [-0.15, -0.1) is 0 Å². The van der Waals surface area contributed by atoms with Gasteiger partial charge in [-0.1, -0.05) is 19.1 Å². The van der Waals surface area contributed by atoms with Crippen LogP contribution in [0.4, 0.5) is 5.69 Å². The molecule has 0 saturated carbocycles. The molecule has 1 unspecified atom stereocenters. The summed E-state index contributed by atoms with van der Waals surface area (Å²) in [7, 11) is 0. The van der Waals surface area contributed by atoms with Crippen LogP contribution in [0, 0.1) is 11.3 Å². The minimum atomic E-state index is -0.353. The largest absolute Gasteiger partial charge is 0.395 e. The molecule has 0 bridgehead atoms. The third-order valence-electron chi connectivity index (χ3n) is 3.13. The summed E-state index contributed by atoms with van der Waals surface area (Å²) in [5, 5.41) is 20.8. The maximum absolute atomic E-state index is 12.2. The first kappa shape index (κ1) is 16.2. The van der Waals surface area contributed by atoms with Crippen LogP contribution in [0.1, 0.15) is 25.8 Å². The molecule has 1 amide bonds. The third kappa shape index (κ3) is 4.34. The predicted molar refractivity (Wildman–Crippen MR) is 78.2 cm³/mol. The normalized spacial score (nSPS) is 11.9. The Morgan fingerprint density at radius 1 is 1.45 bits per heavy atom. The molecule has 5 heteroatoms. The molecule has 0 spiro atoms. The zero-order valence-electron chi connectivity index (χ0n) is 12.0. The number of carbonyl (C=O) groups excluding carboxylic acids is 1.